The first-order chi connectivity index (χ1) is 7.11. The summed E-state index contributed by atoms with van der Waals surface area (Å²) >= 11 is 0. The first kappa shape index (κ1) is 11.8. The Morgan fingerprint density at radius 1 is 1.47 bits per heavy atom. The molecule has 0 radical (unpaired) electrons. The van der Waals surface area contributed by atoms with Gasteiger partial charge in [0, 0.05) is 11.7 Å². The van der Waals surface area contributed by atoms with Crippen LogP contribution in [0.1, 0.15) is 55.8 Å². The summed E-state index contributed by atoms with van der Waals surface area (Å²) in [5.41, 5.74) is 1.54. The van der Waals surface area contributed by atoms with Crippen molar-refractivity contribution in [3.05, 3.63) is 23.5 Å². The van der Waals surface area contributed by atoms with Crippen molar-refractivity contribution in [2.24, 2.45) is 0 Å². The molecule has 0 aromatic carbocycles. The van der Waals surface area contributed by atoms with Crippen molar-refractivity contribution in [1.29, 1.82) is 0 Å². The van der Waals surface area contributed by atoms with Crippen LogP contribution in [0.25, 0.3) is 0 Å². The Morgan fingerprint density at radius 2 is 2.13 bits per heavy atom. The summed E-state index contributed by atoms with van der Waals surface area (Å²) in [7, 11) is 0. The summed E-state index contributed by atoms with van der Waals surface area (Å²) in [5, 5.41) is 9.07. The molecule has 0 aliphatic rings. The van der Waals surface area contributed by atoms with Gasteiger partial charge in [0.2, 0.25) is 0 Å². The van der Waals surface area contributed by atoms with Gasteiger partial charge in [-0.25, -0.2) is 4.79 Å². The van der Waals surface area contributed by atoms with Gasteiger partial charge in [0.25, 0.3) is 0 Å². The SMILES string of the molecule is CCCc1ccc(C(=O)O)n1[C@H](C)CC. The topological polar surface area (TPSA) is 42.2 Å². The Hall–Kier alpha value is -1.25. The zero-order chi connectivity index (χ0) is 11.4. The normalized spacial score (nSPS) is 12.7. The van der Waals surface area contributed by atoms with Crippen molar-refractivity contribution < 1.29 is 9.90 Å². The van der Waals surface area contributed by atoms with Crippen LogP contribution in [0.15, 0.2) is 12.1 Å². The second-order valence-corrected chi connectivity index (χ2v) is 3.89. The summed E-state index contributed by atoms with van der Waals surface area (Å²) in [4.78, 5) is 11.0. The van der Waals surface area contributed by atoms with Gasteiger partial charge in [0.1, 0.15) is 5.69 Å². The van der Waals surface area contributed by atoms with Gasteiger partial charge in [-0.15, -0.1) is 0 Å². The molecule has 0 aliphatic heterocycles. The van der Waals surface area contributed by atoms with E-state index in [1.54, 1.807) is 6.07 Å². The van der Waals surface area contributed by atoms with E-state index in [2.05, 4.69) is 20.8 Å². The van der Waals surface area contributed by atoms with Crippen molar-refractivity contribution in [2.75, 3.05) is 0 Å². The quantitative estimate of drug-likeness (QED) is 0.809. The molecule has 0 amide bonds. The molecule has 0 saturated heterocycles. The fourth-order valence-corrected chi connectivity index (χ4v) is 1.83. The third kappa shape index (κ3) is 2.41. The number of carboxylic acid groups (broad SMARTS) is 1. The van der Waals surface area contributed by atoms with Crippen LogP contribution in [0.2, 0.25) is 0 Å². The molecule has 0 aliphatic carbocycles. The third-order valence-electron chi connectivity index (χ3n) is 2.76. The van der Waals surface area contributed by atoms with Crippen LogP contribution < -0.4 is 0 Å². The Morgan fingerprint density at radius 3 is 2.60 bits per heavy atom. The molecular weight excluding hydrogens is 190 g/mol. The molecule has 1 atom stereocenters. The van der Waals surface area contributed by atoms with Gasteiger partial charge in [-0.05, 0) is 31.9 Å². The van der Waals surface area contributed by atoms with Crippen LogP contribution in [-0.2, 0) is 6.42 Å². The van der Waals surface area contributed by atoms with Crippen LogP contribution >= 0.6 is 0 Å². The average Bonchev–Trinajstić information content (AvgIpc) is 2.61. The van der Waals surface area contributed by atoms with Crippen molar-refractivity contribution in [3.8, 4) is 0 Å². The van der Waals surface area contributed by atoms with Gasteiger partial charge in [0.05, 0.1) is 0 Å². The zero-order valence-corrected chi connectivity index (χ0v) is 9.66. The van der Waals surface area contributed by atoms with E-state index in [0.29, 0.717) is 5.69 Å². The number of aromatic nitrogens is 1. The van der Waals surface area contributed by atoms with Gasteiger partial charge < -0.3 is 9.67 Å². The van der Waals surface area contributed by atoms with E-state index in [-0.39, 0.29) is 6.04 Å². The van der Waals surface area contributed by atoms with E-state index >= 15 is 0 Å². The summed E-state index contributed by atoms with van der Waals surface area (Å²) in [6, 6.07) is 3.89. The lowest BCUT2D eigenvalue weighted by molar-refractivity contribution is 0.0682. The van der Waals surface area contributed by atoms with Crippen molar-refractivity contribution >= 4 is 5.97 Å². The summed E-state index contributed by atoms with van der Waals surface area (Å²) in [6.07, 6.45) is 2.93. The monoisotopic (exact) mass is 209 g/mol. The Labute approximate surface area is 90.7 Å². The molecule has 0 bridgehead atoms. The molecule has 15 heavy (non-hydrogen) atoms. The maximum Gasteiger partial charge on any atom is 0.352 e. The molecule has 1 N–H and O–H groups in total. The van der Waals surface area contributed by atoms with Crippen LogP contribution in [0.5, 0.6) is 0 Å². The molecule has 1 aromatic heterocycles. The fourth-order valence-electron chi connectivity index (χ4n) is 1.83. The molecule has 1 heterocycles. The molecular formula is C12H19NO2. The largest absolute Gasteiger partial charge is 0.477 e. The molecule has 3 nitrogen and oxygen atoms in total. The smallest absolute Gasteiger partial charge is 0.352 e. The summed E-state index contributed by atoms with van der Waals surface area (Å²) in [5.74, 6) is -0.836. The lowest BCUT2D eigenvalue weighted by Gasteiger charge is -2.17. The minimum atomic E-state index is -0.836. The highest BCUT2D eigenvalue weighted by Gasteiger charge is 2.16. The number of carbonyl (C=O) groups is 1. The average molecular weight is 209 g/mol. The maximum atomic E-state index is 11.0. The first-order valence-corrected chi connectivity index (χ1v) is 5.55. The van der Waals surface area contributed by atoms with Crippen LogP contribution in [-0.4, -0.2) is 15.6 Å². The second kappa shape index (κ2) is 5.01. The Kier molecular flexibility index (Phi) is 3.95. The van der Waals surface area contributed by atoms with Crippen molar-refractivity contribution in [1.82, 2.24) is 4.57 Å². The highest BCUT2D eigenvalue weighted by molar-refractivity contribution is 5.86. The highest BCUT2D eigenvalue weighted by Crippen LogP contribution is 2.20. The third-order valence-corrected chi connectivity index (χ3v) is 2.76. The number of aromatic carboxylic acids is 1. The Balaban J connectivity index is 3.13. The predicted molar refractivity (Wildman–Crippen MR) is 60.4 cm³/mol. The molecule has 84 valence electrons. The molecule has 0 spiro atoms. The van der Waals surface area contributed by atoms with E-state index in [0.717, 1.165) is 25.0 Å². The van der Waals surface area contributed by atoms with E-state index in [4.69, 9.17) is 5.11 Å². The standard InChI is InChI=1S/C12H19NO2/c1-4-6-10-7-8-11(12(14)15)13(10)9(3)5-2/h7-9H,4-6H2,1-3H3,(H,14,15)/t9-/m1/s1. The fraction of sp³-hybridized carbons (Fsp3) is 0.583. The summed E-state index contributed by atoms with van der Waals surface area (Å²) < 4.78 is 1.95. The van der Waals surface area contributed by atoms with Gasteiger partial charge in [-0.3, -0.25) is 0 Å². The van der Waals surface area contributed by atoms with Gasteiger partial charge >= 0.3 is 5.97 Å². The highest BCUT2D eigenvalue weighted by atomic mass is 16.4. The predicted octanol–water partition coefficient (Wildman–Crippen LogP) is 3.11. The molecule has 3 heteroatoms. The molecule has 0 unspecified atom stereocenters. The van der Waals surface area contributed by atoms with Crippen molar-refractivity contribution in [3.63, 3.8) is 0 Å². The number of hydrogen-bond acceptors (Lipinski definition) is 1. The van der Waals surface area contributed by atoms with E-state index < -0.39 is 5.97 Å². The molecule has 1 rings (SSSR count). The number of aryl methyl sites for hydroxylation is 1. The molecule has 1 aromatic rings. The van der Waals surface area contributed by atoms with E-state index in [1.807, 2.05) is 10.6 Å². The van der Waals surface area contributed by atoms with Crippen LogP contribution in [0.4, 0.5) is 0 Å². The van der Waals surface area contributed by atoms with Gasteiger partial charge in [-0.2, -0.15) is 0 Å². The lowest BCUT2D eigenvalue weighted by Crippen LogP contribution is -2.14. The van der Waals surface area contributed by atoms with Crippen LogP contribution in [0.3, 0.4) is 0 Å². The number of nitrogens with zero attached hydrogens (tertiary/aromatic N) is 1. The molecule has 0 fully saturated rings. The maximum absolute atomic E-state index is 11.0. The minimum absolute atomic E-state index is 0.257. The number of carboxylic acids is 1. The van der Waals surface area contributed by atoms with E-state index in [9.17, 15) is 4.79 Å². The second-order valence-electron chi connectivity index (χ2n) is 3.89. The van der Waals surface area contributed by atoms with E-state index in [1.165, 1.54) is 0 Å². The van der Waals surface area contributed by atoms with Crippen LogP contribution in [0, 0.1) is 0 Å². The number of rotatable bonds is 5. The molecule has 0 saturated carbocycles. The number of hydrogen-bond donors (Lipinski definition) is 1. The Bertz CT molecular complexity index is 341. The minimum Gasteiger partial charge on any atom is -0.477 e. The van der Waals surface area contributed by atoms with Gasteiger partial charge in [-0.1, -0.05) is 20.3 Å². The summed E-state index contributed by atoms with van der Waals surface area (Å²) in [6.45, 7) is 6.24. The van der Waals surface area contributed by atoms with Gasteiger partial charge in [0.15, 0.2) is 0 Å². The zero-order valence-electron chi connectivity index (χ0n) is 9.66. The first-order valence-electron chi connectivity index (χ1n) is 5.55. The van der Waals surface area contributed by atoms with Crippen molar-refractivity contribution in [2.45, 2.75) is 46.1 Å². The lowest BCUT2D eigenvalue weighted by atomic mass is 10.2.